The van der Waals surface area contributed by atoms with Crippen molar-refractivity contribution in [1.82, 2.24) is 10.3 Å². The fourth-order valence-corrected chi connectivity index (χ4v) is 8.90. The molecule has 0 radical (unpaired) electrons. The number of benzene rings is 2. The van der Waals surface area contributed by atoms with E-state index in [-0.39, 0.29) is 6.23 Å². The molecule has 1 aliphatic rings. The zero-order chi connectivity index (χ0) is 22.7. The van der Waals surface area contributed by atoms with Crippen LogP contribution in [0.1, 0.15) is 33.1 Å². The molecule has 170 valence electrons. The van der Waals surface area contributed by atoms with E-state index in [2.05, 4.69) is 82.8 Å². The number of amides is 1. The maximum atomic E-state index is 9.29. The van der Waals surface area contributed by atoms with Crippen molar-refractivity contribution in [3.05, 3.63) is 72.2 Å². The maximum Gasteiger partial charge on any atom is 0.258 e. The average Bonchev–Trinajstić information content (AvgIpc) is 3.35. The Kier molecular flexibility index (Phi) is 9.46. The summed E-state index contributed by atoms with van der Waals surface area (Å²) in [5.41, 5.74) is 0. The first-order valence-corrected chi connectivity index (χ1v) is 14.4. The molecule has 1 unspecified atom stereocenters. The Bertz CT molecular complexity index is 870. The first-order chi connectivity index (χ1) is 15.7. The highest BCUT2D eigenvalue weighted by Gasteiger charge is 2.44. The Balaban J connectivity index is 0.000000523. The number of rotatable bonds is 10. The summed E-state index contributed by atoms with van der Waals surface area (Å²) < 4.78 is 7.12. The first-order valence-electron chi connectivity index (χ1n) is 11.4. The van der Waals surface area contributed by atoms with Crippen molar-refractivity contribution in [2.45, 2.75) is 45.4 Å². The summed E-state index contributed by atoms with van der Waals surface area (Å²) in [5, 5.41) is 8.29. The van der Waals surface area contributed by atoms with Crippen molar-refractivity contribution in [2.24, 2.45) is 0 Å². The summed E-state index contributed by atoms with van der Waals surface area (Å²) in [7, 11) is -2.32. The monoisotopic (exact) mass is 467 g/mol. The van der Waals surface area contributed by atoms with Crippen LogP contribution in [0.5, 0.6) is 0 Å². The minimum atomic E-state index is -2.32. The molecule has 2 aromatic carbocycles. The molecule has 1 saturated heterocycles. The van der Waals surface area contributed by atoms with Crippen LogP contribution in [0.25, 0.3) is 0 Å². The molecule has 1 N–H and O–H groups in total. The van der Waals surface area contributed by atoms with Gasteiger partial charge in [0.2, 0.25) is 6.41 Å². The number of aromatic nitrogens is 1. The summed E-state index contributed by atoms with van der Waals surface area (Å²) in [6.07, 6.45) is 6.12. The van der Waals surface area contributed by atoms with Crippen LogP contribution >= 0.6 is 11.3 Å². The number of nitrogens with one attached hydrogen (secondary N) is 1. The second-order valence-corrected chi connectivity index (χ2v) is 12.1. The van der Waals surface area contributed by atoms with Gasteiger partial charge in [-0.05, 0) is 23.3 Å². The molecule has 1 atom stereocenters. The van der Waals surface area contributed by atoms with Crippen LogP contribution in [0.15, 0.2) is 72.2 Å². The molecule has 0 spiro atoms. The van der Waals surface area contributed by atoms with Gasteiger partial charge in [-0.15, -0.1) is 11.3 Å². The Hall–Kier alpha value is -2.48. The van der Waals surface area contributed by atoms with E-state index in [1.807, 2.05) is 18.5 Å². The topological polar surface area (TPSA) is 54.5 Å². The third kappa shape index (κ3) is 5.85. The lowest BCUT2D eigenvalue weighted by molar-refractivity contribution is -0.109. The van der Waals surface area contributed by atoms with Crippen molar-refractivity contribution < 1.29 is 9.22 Å². The summed E-state index contributed by atoms with van der Waals surface area (Å²) >= 11 is 1.70. The van der Waals surface area contributed by atoms with Crippen LogP contribution in [-0.2, 0) is 9.22 Å². The lowest BCUT2D eigenvalue weighted by Crippen LogP contribution is -2.66. The Morgan fingerprint density at radius 3 is 2.19 bits per heavy atom. The molecular weight excluding hydrogens is 434 g/mol. The van der Waals surface area contributed by atoms with Gasteiger partial charge in [0.05, 0.1) is 0 Å². The molecule has 1 aromatic heterocycles. The van der Waals surface area contributed by atoms with Gasteiger partial charge in [-0.2, -0.15) is 0 Å². The van der Waals surface area contributed by atoms with Gasteiger partial charge in [0, 0.05) is 31.1 Å². The molecule has 1 aliphatic heterocycles. The number of thiazole rings is 1. The van der Waals surface area contributed by atoms with Gasteiger partial charge in [0.25, 0.3) is 8.32 Å². The van der Waals surface area contributed by atoms with Crippen LogP contribution in [0.2, 0.25) is 6.04 Å². The molecule has 5 nitrogen and oxygen atoms in total. The molecular formula is C25H33N3O2SSi. The number of carbonyl (C=O) groups is 1. The van der Waals surface area contributed by atoms with Gasteiger partial charge in [0.1, 0.15) is 6.23 Å². The summed E-state index contributed by atoms with van der Waals surface area (Å²) in [6.45, 7) is 5.89. The second kappa shape index (κ2) is 12.5. The van der Waals surface area contributed by atoms with E-state index in [1.54, 1.807) is 11.3 Å². The minimum Gasteiger partial charge on any atom is -0.388 e. The van der Waals surface area contributed by atoms with Gasteiger partial charge in [-0.25, -0.2) is 4.98 Å². The predicted octanol–water partition coefficient (Wildman–Crippen LogP) is 4.01. The number of hydrogen-bond donors (Lipinski definition) is 1. The predicted molar refractivity (Wildman–Crippen MR) is 136 cm³/mol. The van der Waals surface area contributed by atoms with Crippen LogP contribution < -0.4 is 20.6 Å². The van der Waals surface area contributed by atoms with Crippen LogP contribution in [0.3, 0.4) is 0 Å². The standard InChI is InChI=1S/C22H26N2OSSi.C3H7NO/c1-2-3-18-27(19-10-6-4-7-11-19,20-12-8-5-9-13-20)25-21-14-16-24(21)22-23-15-17-26-22;1-2-4-3-5/h4-13,15,17,21H,2-3,14,16,18H2,1H3;3H,2H2,1H3,(H,4,5). The first kappa shape index (κ1) is 24.2. The number of nitrogens with zero attached hydrogens (tertiary/aromatic N) is 2. The summed E-state index contributed by atoms with van der Waals surface area (Å²) in [4.78, 5) is 16.1. The smallest absolute Gasteiger partial charge is 0.258 e. The fourth-order valence-electron chi connectivity index (χ4n) is 3.87. The minimum absolute atomic E-state index is 0.125. The molecule has 2 heterocycles. The van der Waals surface area contributed by atoms with Gasteiger partial charge < -0.3 is 14.6 Å². The van der Waals surface area contributed by atoms with Crippen LogP contribution in [0, 0.1) is 0 Å². The zero-order valence-corrected chi connectivity index (χ0v) is 20.8. The van der Waals surface area contributed by atoms with Crippen LogP contribution in [0.4, 0.5) is 5.13 Å². The quantitative estimate of drug-likeness (QED) is 0.362. The number of anilines is 1. The molecule has 4 rings (SSSR count). The molecule has 7 heteroatoms. The Morgan fingerprint density at radius 1 is 1.12 bits per heavy atom. The van der Waals surface area contributed by atoms with Gasteiger partial charge in [-0.3, -0.25) is 4.79 Å². The second-order valence-electron chi connectivity index (χ2n) is 7.71. The van der Waals surface area contributed by atoms with Gasteiger partial charge >= 0.3 is 0 Å². The molecule has 0 aliphatic carbocycles. The highest BCUT2D eigenvalue weighted by molar-refractivity contribution is 7.13. The maximum absolute atomic E-state index is 9.29. The number of carbonyl (C=O) groups excluding carboxylic acids is 1. The molecule has 1 fully saturated rings. The molecule has 3 aromatic rings. The summed E-state index contributed by atoms with van der Waals surface area (Å²) in [5.74, 6) is 0. The third-order valence-electron chi connectivity index (χ3n) is 5.62. The van der Waals surface area contributed by atoms with Crippen molar-refractivity contribution in [3.63, 3.8) is 0 Å². The van der Waals surface area contributed by atoms with Gasteiger partial charge in [-0.1, -0.05) is 80.4 Å². The molecule has 0 bridgehead atoms. The van der Waals surface area contributed by atoms with E-state index in [0.29, 0.717) is 6.41 Å². The average molecular weight is 468 g/mol. The van der Waals surface area contributed by atoms with E-state index < -0.39 is 8.32 Å². The Morgan fingerprint density at radius 2 is 1.78 bits per heavy atom. The molecule has 32 heavy (non-hydrogen) atoms. The van der Waals surface area contributed by atoms with E-state index in [4.69, 9.17) is 4.43 Å². The van der Waals surface area contributed by atoms with Crippen molar-refractivity contribution >= 4 is 41.6 Å². The van der Waals surface area contributed by atoms with Gasteiger partial charge in [0.15, 0.2) is 5.13 Å². The van der Waals surface area contributed by atoms with E-state index in [9.17, 15) is 4.79 Å². The summed E-state index contributed by atoms with van der Waals surface area (Å²) in [6, 6.07) is 23.0. The SMILES string of the molecule is CCCC[Si](OC1CCN1c1nccs1)(c1ccccc1)c1ccccc1.CCNC=O. The fraction of sp³-hybridized carbons (Fsp3) is 0.360. The van der Waals surface area contributed by atoms with E-state index in [0.717, 1.165) is 30.7 Å². The molecule has 0 saturated carbocycles. The zero-order valence-electron chi connectivity index (χ0n) is 18.9. The normalized spacial score (nSPS) is 15.3. The highest BCUT2D eigenvalue weighted by atomic mass is 32.1. The van der Waals surface area contributed by atoms with Crippen LogP contribution in [-0.4, -0.2) is 39.0 Å². The number of unbranched alkanes of at least 4 members (excludes halogenated alkanes) is 1. The number of hydrogen-bond acceptors (Lipinski definition) is 5. The lowest BCUT2D eigenvalue weighted by atomic mass is 10.2. The molecule has 1 amide bonds. The third-order valence-corrected chi connectivity index (χ3v) is 10.7. The largest absolute Gasteiger partial charge is 0.388 e. The van der Waals surface area contributed by atoms with Crippen molar-refractivity contribution in [3.8, 4) is 0 Å². The van der Waals surface area contributed by atoms with Crippen molar-refractivity contribution in [1.29, 1.82) is 0 Å². The lowest BCUT2D eigenvalue weighted by Gasteiger charge is -2.46. The van der Waals surface area contributed by atoms with E-state index in [1.165, 1.54) is 23.2 Å². The van der Waals surface area contributed by atoms with Crippen molar-refractivity contribution in [2.75, 3.05) is 18.0 Å². The van der Waals surface area contributed by atoms with E-state index >= 15 is 0 Å². The Labute approximate surface area is 196 Å². The highest BCUT2D eigenvalue weighted by Crippen LogP contribution is 2.32.